The molecule has 1 rings (SSSR count). The Morgan fingerprint density at radius 2 is 2.05 bits per heavy atom. The summed E-state index contributed by atoms with van der Waals surface area (Å²) in [4.78, 5) is 24.7. The van der Waals surface area contributed by atoms with E-state index in [2.05, 4.69) is 14.8 Å². The number of amides is 1. The quantitative estimate of drug-likeness (QED) is 0.281. The standard InChI is InChI=1S/C11H9F2N3O3S/c1-5(11(18)19-2)20-9-3-6(10(17)15-16-14)7(12)4-8(9)13/h3-5H,1-2H3. The van der Waals surface area contributed by atoms with E-state index in [0.717, 1.165) is 17.8 Å². The molecule has 0 aromatic heterocycles. The lowest BCUT2D eigenvalue weighted by atomic mass is 10.2. The summed E-state index contributed by atoms with van der Waals surface area (Å²) >= 11 is 0.758. The van der Waals surface area contributed by atoms with Gasteiger partial charge in [0.25, 0.3) is 5.91 Å². The zero-order chi connectivity index (χ0) is 15.3. The maximum absolute atomic E-state index is 13.6. The van der Waals surface area contributed by atoms with E-state index in [9.17, 15) is 18.4 Å². The van der Waals surface area contributed by atoms with Crippen molar-refractivity contribution in [3.8, 4) is 0 Å². The third-order valence-corrected chi connectivity index (χ3v) is 3.34. The molecule has 0 fully saturated rings. The van der Waals surface area contributed by atoms with Gasteiger partial charge in [-0.25, -0.2) is 8.78 Å². The van der Waals surface area contributed by atoms with Gasteiger partial charge in [0.05, 0.1) is 12.7 Å². The lowest BCUT2D eigenvalue weighted by molar-refractivity contribution is -0.139. The predicted molar refractivity (Wildman–Crippen MR) is 67.2 cm³/mol. The normalized spacial score (nSPS) is 11.4. The van der Waals surface area contributed by atoms with Crippen LogP contribution in [-0.2, 0) is 9.53 Å². The molecular weight excluding hydrogens is 292 g/mol. The van der Waals surface area contributed by atoms with Gasteiger partial charge >= 0.3 is 5.97 Å². The molecule has 0 aliphatic carbocycles. The zero-order valence-corrected chi connectivity index (χ0v) is 11.3. The van der Waals surface area contributed by atoms with Crippen LogP contribution in [0.3, 0.4) is 0 Å². The number of methoxy groups -OCH3 is 1. The van der Waals surface area contributed by atoms with Crippen molar-refractivity contribution in [3.63, 3.8) is 0 Å². The molecule has 1 atom stereocenters. The summed E-state index contributed by atoms with van der Waals surface area (Å²) in [6, 6.07) is 1.39. The molecule has 0 aliphatic rings. The minimum absolute atomic E-state index is 0.124. The molecule has 9 heteroatoms. The molecule has 6 nitrogen and oxygen atoms in total. The molecule has 1 aromatic rings. The SMILES string of the molecule is COC(=O)C(C)Sc1cc(C(=O)N=[N+]=[N-])c(F)cc1F. The number of azide groups is 1. The van der Waals surface area contributed by atoms with Gasteiger partial charge in [-0.15, -0.1) is 11.8 Å². The number of ether oxygens (including phenoxy) is 1. The number of hydrogen-bond donors (Lipinski definition) is 0. The number of carbonyl (C=O) groups is 2. The fraction of sp³-hybridized carbons (Fsp3) is 0.273. The number of halogens is 2. The summed E-state index contributed by atoms with van der Waals surface area (Å²) in [5.74, 6) is -3.84. The molecule has 0 N–H and O–H groups in total. The van der Waals surface area contributed by atoms with Crippen LogP contribution in [0.25, 0.3) is 10.4 Å². The van der Waals surface area contributed by atoms with E-state index in [4.69, 9.17) is 5.53 Å². The first kappa shape index (κ1) is 15.9. The highest BCUT2D eigenvalue weighted by Crippen LogP contribution is 2.29. The van der Waals surface area contributed by atoms with Gasteiger partial charge in [-0.05, 0) is 23.6 Å². The molecule has 1 amide bonds. The Bertz CT molecular complexity index is 603. The fourth-order valence-corrected chi connectivity index (χ4v) is 2.21. The van der Waals surface area contributed by atoms with Gasteiger partial charge in [0, 0.05) is 15.9 Å². The summed E-state index contributed by atoms with van der Waals surface area (Å²) in [6.07, 6.45) is 0. The minimum atomic E-state index is -1.17. The molecular formula is C11H9F2N3O3S. The molecule has 0 aliphatic heterocycles. The summed E-state index contributed by atoms with van der Waals surface area (Å²) in [6.45, 7) is 1.47. The van der Waals surface area contributed by atoms with Crippen LogP contribution in [0.5, 0.6) is 0 Å². The van der Waals surface area contributed by atoms with Crippen molar-refractivity contribution in [2.24, 2.45) is 5.11 Å². The highest BCUT2D eigenvalue weighted by molar-refractivity contribution is 8.00. The molecule has 1 aromatic carbocycles. The van der Waals surface area contributed by atoms with Crippen LogP contribution in [0, 0.1) is 11.6 Å². The molecule has 0 bridgehead atoms. The van der Waals surface area contributed by atoms with E-state index in [1.54, 1.807) is 0 Å². The van der Waals surface area contributed by atoms with E-state index in [-0.39, 0.29) is 4.90 Å². The van der Waals surface area contributed by atoms with E-state index < -0.39 is 34.3 Å². The Labute approximate surface area is 116 Å². The smallest absolute Gasteiger partial charge is 0.318 e. The highest BCUT2D eigenvalue weighted by atomic mass is 32.2. The van der Waals surface area contributed by atoms with Crippen molar-refractivity contribution < 1.29 is 23.1 Å². The average molecular weight is 301 g/mol. The Morgan fingerprint density at radius 1 is 1.40 bits per heavy atom. The van der Waals surface area contributed by atoms with Crippen molar-refractivity contribution in [1.29, 1.82) is 0 Å². The third-order valence-electron chi connectivity index (χ3n) is 2.22. The number of thioether (sulfide) groups is 1. The van der Waals surface area contributed by atoms with Crippen molar-refractivity contribution >= 4 is 23.6 Å². The summed E-state index contributed by atoms with van der Waals surface area (Å²) in [7, 11) is 1.18. The van der Waals surface area contributed by atoms with E-state index >= 15 is 0 Å². The minimum Gasteiger partial charge on any atom is -0.468 e. The van der Waals surface area contributed by atoms with Crippen LogP contribution < -0.4 is 0 Å². The first-order valence-corrected chi connectivity index (χ1v) is 6.11. The number of carbonyl (C=O) groups excluding carboxylic acids is 2. The monoisotopic (exact) mass is 301 g/mol. The maximum Gasteiger partial charge on any atom is 0.318 e. The molecule has 0 radical (unpaired) electrons. The van der Waals surface area contributed by atoms with E-state index in [0.29, 0.717) is 6.07 Å². The van der Waals surface area contributed by atoms with Gasteiger partial charge in [0.15, 0.2) is 0 Å². The number of nitrogens with zero attached hydrogens (tertiary/aromatic N) is 3. The van der Waals surface area contributed by atoms with E-state index in [1.807, 2.05) is 0 Å². The van der Waals surface area contributed by atoms with Gasteiger partial charge in [-0.2, -0.15) is 0 Å². The first-order valence-electron chi connectivity index (χ1n) is 5.23. The molecule has 1 unspecified atom stereocenters. The second kappa shape index (κ2) is 6.88. The van der Waals surface area contributed by atoms with Crippen LogP contribution in [0.1, 0.15) is 17.3 Å². The van der Waals surface area contributed by atoms with Crippen LogP contribution in [0.2, 0.25) is 0 Å². The van der Waals surface area contributed by atoms with Crippen molar-refractivity contribution in [2.45, 2.75) is 17.1 Å². The van der Waals surface area contributed by atoms with Gasteiger partial charge in [-0.1, -0.05) is 0 Å². The second-order valence-electron chi connectivity index (χ2n) is 3.54. The van der Waals surface area contributed by atoms with Crippen LogP contribution >= 0.6 is 11.8 Å². The van der Waals surface area contributed by atoms with Gasteiger partial charge < -0.3 is 4.74 Å². The molecule has 0 saturated heterocycles. The predicted octanol–water partition coefficient (Wildman–Crippen LogP) is 3.07. The summed E-state index contributed by atoms with van der Waals surface area (Å²) < 4.78 is 31.5. The molecule has 106 valence electrons. The fourth-order valence-electron chi connectivity index (χ4n) is 1.28. The Kier molecular flexibility index (Phi) is 5.48. The lowest BCUT2D eigenvalue weighted by Crippen LogP contribution is -2.15. The molecule has 20 heavy (non-hydrogen) atoms. The van der Waals surface area contributed by atoms with Gasteiger partial charge in [-0.3, -0.25) is 9.59 Å². The molecule has 0 saturated carbocycles. The maximum atomic E-state index is 13.6. The van der Waals surface area contributed by atoms with Crippen molar-refractivity contribution in [2.75, 3.05) is 7.11 Å². The van der Waals surface area contributed by atoms with Crippen molar-refractivity contribution in [3.05, 3.63) is 39.8 Å². The average Bonchev–Trinajstić information content (AvgIpc) is 2.40. The Balaban J connectivity index is 3.15. The molecule has 0 spiro atoms. The van der Waals surface area contributed by atoms with E-state index in [1.165, 1.54) is 14.0 Å². The van der Waals surface area contributed by atoms with Gasteiger partial charge in [0.1, 0.15) is 16.9 Å². The Hall–Kier alpha value is -2.12. The summed E-state index contributed by atoms with van der Waals surface area (Å²) in [5.41, 5.74) is 7.57. The topological polar surface area (TPSA) is 92.1 Å². The van der Waals surface area contributed by atoms with Gasteiger partial charge in [0.2, 0.25) is 0 Å². The number of rotatable bonds is 4. The zero-order valence-electron chi connectivity index (χ0n) is 10.5. The third kappa shape index (κ3) is 3.69. The number of hydrogen-bond acceptors (Lipinski definition) is 4. The van der Waals surface area contributed by atoms with Crippen molar-refractivity contribution in [1.82, 2.24) is 0 Å². The number of benzene rings is 1. The van der Waals surface area contributed by atoms with Crippen LogP contribution in [-0.4, -0.2) is 24.2 Å². The van der Waals surface area contributed by atoms with Crippen LogP contribution in [0.15, 0.2) is 22.1 Å². The largest absolute Gasteiger partial charge is 0.468 e. The first-order chi connectivity index (χ1) is 9.40. The molecule has 0 heterocycles. The van der Waals surface area contributed by atoms with Crippen LogP contribution in [0.4, 0.5) is 8.78 Å². The number of esters is 1. The highest BCUT2D eigenvalue weighted by Gasteiger charge is 2.20. The lowest BCUT2D eigenvalue weighted by Gasteiger charge is -2.10. The summed E-state index contributed by atoms with van der Waals surface area (Å²) in [5, 5.41) is 1.99. The second-order valence-corrected chi connectivity index (χ2v) is 4.92. The Morgan fingerprint density at radius 3 is 2.60 bits per heavy atom.